The van der Waals surface area contributed by atoms with Crippen LogP contribution in [0.5, 0.6) is 0 Å². The van der Waals surface area contributed by atoms with Crippen molar-refractivity contribution in [2.45, 2.75) is 58.0 Å². The van der Waals surface area contributed by atoms with Crippen molar-refractivity contribution in [1.29, 1.82) is 0 Å². The number of nitrogens with one attached hydrogen (secondary N) is 1. The smallest absolute Gasteiger partial charge is 0.309 e. The van der Waals surface area contributed by atoms with E-state index in [2.05, 4.69) is 5.32 Å². The number of hydrogen-bond acceptors (Lipinski definition) is 5. The van der Waals surface area contributed by atoms with Gasteiger partial charge in [-0.2, -0.15) is 0 Å². The molecule has 0 fully saturated rings. The van der Waals surface area contributed by atoms with Crippen LogP contribution in [-0.2, 0) is 32.0 Å². The second-order valence-electron chi connectivity index (χ2n) is 8.90. The van der Waals surface area contributed by atoms with Crippen LogP contribution in [0.25, 0.3) is 0 Å². The first-order valence-corrected chi connectivity index (χ1v) is 11.5. The highest BCUT2D eigenvalue weighted by molar-refractivity contribution is 5.92. The average molecular weight is 453 g/mol. The zero-order valence-electron chi connectivity index (χ0n) is 19.8. The topological polar surface area (TPSA) is 98.5 Å². The number of hydrogen-bond donors (Lipinski definition) is 2. The molecule has 3 N–H and O–H groups in total. The molecule has 2 aromatic rings. The Labute approximate surface area is 196 Å². The van der Waals surface area contributed by atoms with Gasteiger partial charge in [0.15, 0.2) is 5.78 Å². The molecule has 0 aliphatic rings. The van der Waals surface area contributed by atoms with E-state index in [1.54, 1.807) is 0 Å². The van der Waals surface area contributed by atoms with E-state index in [1.807, 2.05) is 74.5 Å². The lowest BCUT2D eigenvalue weighted by atomic mass is 9.89. The van der Waals surface area contributed by atoms with Crippen LogP contribution in [0.4, 0.5) is 0 Å². The van der Waals surface area contributed by atoms with Gasteiger partial charge < -0.3 is 15.8 Å². The van der Waals surface area contributed by atoms with Gasteiger partial charge in [0.05, 0.1) is 25.1 Å². The highest BCUT2D eigenvalue weighted by Crippen LogP contribution is 2.18. The molecule has 178 valence electrons. The zero-order valence-corrected chi connectivity index (χ0v) is 19.8. The fraction of sp³-hybridized carbons (Fsp3) is 0.444. The minimum Gasteiger partial charge on any atom is -0.469 e. The maximum atomic E-state index is 13.2. The van der Waals surface area contributed by atoms with Crippen molar-refractivity contribution in [2.75, 3.05) is 7.11 Å². The molecule has 1 amide bonds. The SMILES string of the molecule is COC(=O)[C@@H](CC(=O)[C@H](CC(C)C)NC(=O)[C@@H](N)CCc1ccccc1)Cc1ccccc1. The predicted molar refractivity (Wildman–Crippen MR) is 129 cm³/mol. The molecule has 0 saturated heterocycles. The summed E-state index contributed by atoms with van der Waals surface area (Å²) in [5.74, 6) is -1.38. The molecule has 3 atom stereocenters. The third-order valence-electron chi connectivity index (χ3n) is 5.64. The summed E-state index contributed by atoms with van der Waals surface area (Å²) in [7, 11) is 1.32. The lowest BCUT2D eigenvalue weighted by Gasteiger charge is -2.23. The Morgan fingerprint density at radius 1 is 0.939 bits per heavy atom. The van der Waals surface area contributed by atoms with Gasteiger partial charge in [0.2, 0.25) is 5.91 Å². The number of esters is 1. The maximum absolute atomic E-state index is 13.2. The van der Waals surface area contributed by atoms with E-state index in [0.717, 1.165) is 11.1 Å². The van der Waals surface area contributed by atoms with E-state index in [0.29, 0.717) is 25.7 Å². The van der Waals surface area contributed by atoms with Gasteiger partial charge in [-0.3, -0.25) is 14.4 Å². The fourth-order valence-electron chi connectivity index (χ4n) is 3.81. The Kier molecular flexibility index (Phi) is 10.8. The van der Waals surface area contributed by atoms with Gasteiger partial charge in [-0.15, -0.1) is 0 Å². The third kappa shape index (κ3) is 9.18. The number of Topliss-reactive ketones (excluding diaryl/α,β-unsaturated/α-hetero) is 1. The number of aryl methyl sites for hydroxylation is 1. The van der Waals surface area contributed by atoms with E-state index in [-0.39, 0.29) is 24.0 Å². The number of carbonyl (C=O) groups excluding carboxylic acids is 3. The molecule has 0 bridgehead atoms. The first-order chi connectivity index (χ1) is 15.8. The first kappa shape index (κ1) is 26.3. The monoisotopic (exact) mass is 452 g/mol. The number of ketones is 1. The number of benzene rings is 2. The summed E-state index contributed by atoms with van der Waals surface area (Å²) in [6, 6.07) is 17.9. The number of rotatable bonds is 13. The van der Waals surface area contributed by atoms with Crippen molar-refractivity contribution < 1.29 is 19.1 Å². The van der Waals surface area contributed by atoms with E-state index < -0.39 is 24.0 Å². The number of amides is 1. The summed E-state index contributed by atoms with van der Waals surface area (Å²) in [5.41, 5.74) is 8.18. The largest absolute Gasteiger partial charge is 0.469 e. The third-order valence-corrected chi connectivity index (χ3v) is 5.64. The van der Waals surface area contributed by atoms with Crippen molar-refractivity contribution in [3.05, 3.63) is 71.8 Å². The van der Waals surface area contributed by atoms with Gasteiger partial charge in [-0.25, -0.2) is 0 Å². The molecule has 0 saturated carbocycles. The molecule has 0 aliphatic heterocycles. The van der Waals surface area contributed by atoms with E-state index in [9.17, 15) is 14.4 Å². The van der Waals surface area contributed by atoms with Crippen molar-refractivity contribution >= 4 is 17.7 Å². The number of nitrogens with two attached hydrogens (primary N) is 1. The molecule has 0 aromatic heterocycles. The molecule has 0 unspecified atom stereocenters. The standard InChI is InChI=1S/C27H36N2O4/c1-19(2)16-24(29-26(31)23(28)15-14-20-10-6-4-7-11-20)25(30)18-22(27(32)33-3)17-21-12-8-5-9-13-21/h4-13,19,22-24H,14-18,28H2,1-3H3,(H,29,31)/t22-,23+,24+/m1/s1. The molecular formula is C27H36N2O4. The van der Waals surface area contributed by atoms with Crippen molar-refractivity contribution in [2.24, 2.45) is 17.6 Å². The lowest BCUT2D eigenvalue weighted by molar-refractivity contribution is -0.147. The molecule has 0 heterocycles. The summed E-state index contributed by atoms with van der Waals surface area (Å²) in [4.78, 5) is 38.3. The van der Waals surface area contributed by atoms with Crippen LogP contribution in [0.15, 0.2) is 60.7 Å². The molecule has 0 radical (unpaired) electrons. The maximum Gasteiger partial charge on any atom is 0.309 e. The summed E-state index contributed by atoms with van der Waals surface area (Å²) < 4.78 is 4.94. The van der Waals surface area contributed by atoms with Gasteiger partial charge in [-0.1, -0.05) is 74.5 Å². The first-order valence-electron chi connectivity index (χ1n) is 11.5. The van der Waals surface area contributed by atoms with Crippen LogP contribution < -0.4 is 11.1 Å². The molecule has 2 rings (SSSR count). The van der Waals surface area contributed by atoms with E-state index >= 15 is 0 Å². The Balaban J connectivity index is 2.02. The second-order valence-corrected chi connectivity index (χ2v) is 8.90. The minimum absolute atomic E-state index is 0.00150. The summed E-state index contributed by atoms with van der Waals surface area (Å²) >= 11 is 0. The van der Waals surface area contributed by atoms with Crippen LogP contribution in [0.1, 0.15) is 44.2 Å². The van der Waals surface area contributed by atoms with Crippen molar-refractivity contribution in [1.82, 2.24) is 5.32 Å². The number of carbonyl (C=O) groups is 3. The lowest BCUT2D eigenvalue weighted by Crippen LogP contribution is -2.49. The normalized spacial score (nSPS) is 13.7. The highest BCUT2D eigenvalue weighted by Gasteiger charge is 2.29. The Morgan fingerprint density at radius 3 is 2.06 bits per heavy atom. The van der Waals surface area contributed by atoms with Crippen LogP contribution in [0.2, 0.25) is 0 Å². The average Bonchev–Trinajstić information content (AvgIpc) is 2.82. The zero-order chi connectivity index (χ0) is 24.2. The number of methoxy groups -OCH3 is 1. The van der Waals surface area contributed by atoms with Crippen LogP contribution >= 0.6 is 0 Å². The Morgan fingerprint density at radius 2 is 1.52 bits per heavy atom. The van der Waals surface area contributed by atoms with E-state index in [4.69, 9.17) is 10.5 Å². The van der Waals surface area contributed by atoms with E-state index in [1.165, 1.54) is 7.11 Å². The van der Waals surface area contributed by atoms with Gasteiger partial charge in [-0.05, 0) is 42.7 Å². The molecule has 6 heteroatoms. The second kappa shape index (κ2) is 13.5. The highest BCUT2D eigenvalue weighted by atomic mass is 16.5. The van der Waals surface area contributed by atoms with Gasteiger partial charge >= 0.3 is 5.97 Å². The Hall–Kier alpha value is -2.99. The quantitative estimate of drug-likeness (QED) is 0.454. The molecular weight excluding hydrogens is 416 g/mol. The molecule has 2 aromatic carbocycles. The summed E-state index contributed by atoms with van der Waals surface area (Å²) in [6.07, 6.45) is 2.04. The van der Waals surface area contributed by atoms with Gasteiger partial charge in [0.1, 0.15) is 0 Å². The molecule has 33 heavy (non-hydrogen) atoms. The van der Waals surface area contributed by atoms with Crippen LogP contribution in [-0.4, -0.2) is 36.9 Å². The van der Waals surface area contributed by atoms with Crippen LogP contribution in [0, 0.1) is 11.8 Å². The van der Waals surface area contributed by atoms with Gasteiger partial charge in [0, 0.05) is 6.42 Å². The van der Waals surface area contributed by atoms with Crippen molar-refractivity contribution in [3.63, 3.8) is 0 Å². The molecule has 0 aliphatic carbocycles. The molecule has 6 nitrogen and oxygen atoms in total. The summed E-state index contributed by atoms with van der Waals surface area (Å²) in [6.45, 7) is 3.98. The fourth-order valence-corrected chi connectivity index (χ4v) is 3.81. The number of ether oxygens (including phenoxy) is 1. The van der Waals surface area contributed by atoms with Crippen molar-refractivity contribution in [3.8, 4) is 0 Å². The predicted octanol–water partition coefficient (Wildman–Crippen LogP) is 3.47. The Bertz CT molecular complexity index is 884. The van der Waals surface area contributed by atoms with Gasteiger partial charge in [0.25, 0.3) is 0 Å². The molecule has 0 spiro atoms. The minimum atomic E-state index is -0.714. The van der Waals surface area contributed by atoms with Crippen LogP contribution in [0.3, 0.4) is 0 Å². The summed E-state index contributed by atoms with van der Waals surface area (Å²) in [5, 5.41) is 2.84.